The van der Waals surface area contributed by atoms with Crippen LogP contribution in [0.1, 0.15) is 83.2 Å². The first-order chi connectivity index (χ1) is 17.6. The second-order valence-corrected chi connectivity index (χ2v) is 11.7. The van der Waals surface area contributed by atoms with E-state index in [0.717, 1.165) is 70.6 Å². The molecule has 2 atom stereocenters. The minimum Gasteiger partial charge on any atom is -0.355 e. The number of nitrogens with zero attached hydrogens (tertiary/aromatic N) is 3. The van der Waals surface area contributed by atoms with Gasteiger partial charge in [-0.05, 0) is 74.6 Å². The number of fused-ring (bicyclic) bond motifs is 2. The van der Waals surface area contributed by atoms with E-state index in [1.807, 2.05) is 6.07 Å². The minimum absolute atomic E-state index is 0.0281. The molecule has 2 amide bonds. The number of benzene rings is 1. The van der Waals surface area contributed by atoms with Crippen molar-refractivity contribution in [3.8, 4) is 0 Å². The number of nitrogens with one attached hydrogen (secondary N) is 1. The van der Waals surface area contributed by atoms with Gasteiger partial charge < -0.3 is 19.6 Å². The molecule has 6 rings (SSSR count). The van der Waals surface area contributed by atoms with Crippen molar-refractivity contribution in [3.05, 3.63) is 52.4 Å². The molecule has 2 saturated carbocycles. The van der Waals surface area contributed by atoms with Crippen LogP contribution in [0.3, 0.4) is 0 Å². The Bertz CT molecular complexity index is 1220. The van der Waals surface area contributed by atoms with Crippen molar-refractivity contribution in [1.29, 1.82) is 0 Å². The number of carbonyl (C=O) groups is 2. The predicted molar refractivity (Wildman–Crippen MR) is 132 cm³/mol. The zero-order valence-corrected chi connectivity index (χ0v) is 21.4. The van der Waals surface area contributed by atoms with Gasteiger partial charge in [-0.25, -0.2) is 0 Å². The molecule has 0 radical (unpaired) electrons. The molecule has 0 spiro atoms. The first kappa shape index (κ1) is 24.5. The van der Waals surface area contributed by atoms with Crippen LogP contribution in [0.25, 0.3) is 0 Å². The molecule has 1 saturated heterocycles. The van der Waals surface area contributed by atoms with E-state index in [-0.39, 0.29) is 29.0 Å². The largest absolute Gasteiger partial charge is 0.355 e. The van der Waals surface area contributed by atoms with Crippen LogP contribution in [-0.2, 0) is 17.9 Å². The fraction of sp³-hybridized carbons (Fsp3) is 0.607. The number of rotatable bonds is 7. The highest BCUT2D eigenvalue weighted by Crippen LogP contribution is 2.59. The van der Waals surface area contributed by atoms with Gasteiger partial charge in [-0.2, -0.15) is 8.78 Å². The van der Waals surface area contributed by atoms with Crippen LogP contribution in [0.5, 0.6) is 0 Å². The number of likely N-dealkylation sites (tertiary alicyclic amines) is 1. The number of hydrogen-bond donors (Lipinski definition) is 1. The molecule has 3 fully saturated rings. The van der Waals surface area contributed by atoms with Gasteiger partial charge in [0.1, 0.15) is 0 Å². The molecule has 0 bridgehead atoms. The first-order valence-corrected chi connectivity index (χ1v) is 13.4. The third kappa shape index (κ3) is 4.45. The summed E-state index contributed by atoms with van der Waals surface area (Å²) < 4.78 is 32.1. The van der Waals surface area contributed by atoms with Gasteiger partial charge in [0.15, 0.2) is 0 Å². The van der Waals surface area contributed by atoms with Gasteiger partial charge in [0.25, 0.3) is 11.8 Å². The zero-order chi connectivity index (χ0) is 25.9. The van der Waals surface area contributed by atoms with Crippen molar-refractivity contribution in [2.24, 2.45) is 11.8 Å². The lowest BCUT2D eigenvalue weighted by Gasteiger charge is -2.30. The summed E-state index contributed by atoms with van der Waals surface area (Å²) in [4.78, 5) is 29.4. The molecule has 7 nitrogen and oxygen atoms in total. The van der Waals surface area contributed by atoms with Gasteiger partial charge in [-0.3, -0.25) is 9.59 Å². The van der Waals surface area contributed by atoms with Crippen molar-refractivity contribution in [1.82, 2.24) is 20.3 Å². The topological polar surface area (TPSA) is 78.7 Å². The highest BCUT2D eigenvalue weighted by Gasteiger charge is 2.62. The Hall–Kier alpha value is -2.81. The summed E-state index contributed by atoms with van der Waals surface area (Å²) >= 11 is 0. The molecule has 1 N–H and O–H groups in total. The molecule has 198 valence electrons. The maximum atomic E-state index is 13.6. The molecule has 0 unspecified atom stereocenters. The number of aromatic nitrogens is 1. The number of amides is 2. The van der Waals surface area contributed by atoms with E-state index in [1.165, 1.54) is 6.07 Å². The van der Waals surface area contributed by atoms with Crippen LogP contribution in [0.4, 0.5) is 8.78 Å². The summed E-state index contributed by atoms with van der Waals surface area (Å²) in [5.41, 5.74) is 2.65. The molecule has 37 heavy (non-hydrogen) atoms. The van der Waals surface area contributed by atoms with Crippen molar-refractivity contribution >= 4 is 11.8 Å². The van der Waals surface area contributed by atoms with Crippen molar-refractivity contribution in [2.75, 3.05) is 26.7 Å². The van der Waals surface area contributed by atoms with Gasteiger partial charge in [0.2, 0.25) is 5.76 Å². The quantitative estimate of drug-likeness (QED) is 0.598. The molecule has 9 heteroatoms. The molecule has 4 aliphatic rings. The number of alkyl halides is 2. The Balaban J connectivity index is 0.968. The lowest BCUT2D eigenvalue weighted by Crippen LogP contribution is -2.38. The average Bonchev–Trinajstić information content (AvgIpc) is 3.22. The van der Waals surface area contributed by atoms with Crippen LogP contribution in [0, 0.1) is 11.8 Å². The molecule has 2 aromatic rings. The second kappa shape index (κ2) is 8.89. The van der Waals surface area contributed by atoms with E-state index in [2.05, 4.69) is 15.4 Å². The Morgan fingerprint density at radius 2 is 2.05 bits per heavy atom. The highest BCUT2D eigenvalue weighted by atomic mass is 19.3. The van der Waals surface area contributed by atoms with Crippen molar-refractivity contribution in [3.63, 3.8) is 0 Å². The fourth-order valence-corrected chi connectivity index (χ4v) is 6.78. The molecule has 2 aliphatic heterocycles. The van der Waals surface area contributed by atoms with Gasteiger partial charge >= 0.3 is 5.92 Å². The van der Waals surface area contributed by atoms with Gasteiger partial charge in [-0.15, -0.1) is 0 Å². The van der Waals surface area contributed by atoms with Crippen LogP contribution in [-0.4, -0.2) is 59.5 Å². The van der Waals surface area contributed by atoms with Crippen LogP contribution in [0.2, 0.25) is 0 Å². The monoisotopic (exact) mass is 512 g/mol. The molecule has 3 heterocycles. The van der Waals surface area contributed by atoms with Gasteiger partial charge in [0.05, 0.1) is 5.69 Å². The standard InChI is InChI=1S/C28H34F2N4O3/c1-27(29,30)24-12-23(32-37-24)28-13-18(28)14-34(16-28)11-10-17-6-8-19(9-7-17)31-25(35)20-4-3-5-21-22(20)15-33(2)26(21)36/h3-5,12,17-19H,6-11,13-16H2,1-2H3,(H,31,35)/t17?,18-,19?,28-/m0/s1. The Morgan fingerprint density at radius 3 is 2.78 bits per heavy atom. The van der Waals surface area contributed by atoms with Gasteiger partial charge in [0, 0.05) is 62.3 Å². The molecule has 1 aromatic heterocycles. The summed E-state index contributed by atoms with van der Waals surface area (Å²) in [5, 5.41) is 7.22. The van der Waals surface area contributed by atoms with E-state index in [4.69, 9.17) is 4.52 Å². The fourth-order valence-electron chi connectivity index (χ4n) is 6.78. The van der Waals surface area contributed by atoms with Crippen molar-refractivity contribution in [2.45, 2.75) is 69.4 Å². The smallest absolute Gasteiger partial charge is 0.304 e. The lowest BCUT2D eigenvalue weighted by atomic mass is 9.84. The Morgan fingerprint density at radius 1 is 1.27 bits per heavy atom. The number of hydrogen-bond acceptors (Lipinski definition) is 5. The van der Waals surface area contributed by atoms with E-state index < -0.39 is 5.92 Å². The molecular weight excluding hydrogens is 478 g/mol. The van der Waals surface area contributed by atoms with E-state index >= 15 is 0 Å². The third-order valence-electron chi connectivity index (χ3n) is 9.10. The summed E-state index contributed by atoms with van der Waals surface area (Å²) in [5.74, 6) is -2.34. The average molecular weight is 513 g/mol. The Kier molecular flexibility index (Phi) is 5.89. The highest BCUT2D eigenvalue weighted by molar-refractivity contribution is 6.04. The second-order valence-electron chi connectivity index (χ2n) is 11.7. The van der Waals surface area contributed by atoms with Gasteiger partial charge in [-0.1, -0.05) is 11.2 Å². The SMILES string of the molecule is CN1Cc2c(C(=O)NC3CCC(CCN4C[C@@H]5C[C@]5(c5cc(C(C)(F)F)on5)C4)CC3)cccc2C1=O. The first-order valence-electron chi connectivity index (χ1n) is 13.4. The third-order valence-corrected chi connectivity index (χ3v) is 9.10. The zero-order valence-electron chi connectivity index (χ0n) is 21.4. The summed E-state index contributed by atoms with van der Waals surface area (Å²) in [6.45, 7) is 4.19. The van der Waals surface area contributed by atoms with Crippen molar-refractivity contribution < 1.29 is 22.9 Å². The van der Waals surface area contributed by atoms with Crippen LogP contribution in [0.15, 0.2) is 28.8 Å². The minimum atomic E-state index is -3.00. The molecule has 1 aromatic carbocycles. The van der Waals surface area contributed by atoms with Crippen LogP contribution < -0.4 is 5.32 Å². The van der Waals surface area contributed by atoms with E-state index in [1.54, 1.807) is 24.1 Å². The lowest BCUT2D eigenvalue weighted by molar-refractivity contribution is -0.0106. The molecule has 2 aliphatic carbocycles. The normalized spacial score (nSPS) is 29.4. The maximum absolute atomic E-state index is 13.6. The Labute approximate surface area is 215 Å². The molecular formula is C28H34F2N4O3. The summed E-state index contributed by atoms with van der Waals surface area (Å²) in [6, 6.07) is 7.01. The maximum Gasteiger partial charge on any atom is 0.304 e. The predicted octanol–water partition coefficient (Wildman–Crippen LogP) is 4.32. The summed E-state index contributed by atoms with van der Waals surface area (Å²) in [7, 11) is 1.76. The van der Waals surface area contributed by atoms with E-state index in [9.17, 15) is 18.4 Å². The number of piperidine rings is 1. The van der Waals surface area contributed by atoms with E-state index in [0.29, 0.717) is 35.2 Å². The number of halogens is 2. The number of carbonyl (C=O) groups excluding carboxylic acids is 2. The summed E-state index contributed by atoms with van der Waals surface area (Å²) in [6.07, 6.45) is 6.21. The van der Waals surface area contributed by atoms with Crippen LogP contribution >= 0.6 is 0 Å².